The summed E-state index contributed by atoms with van der Waals surface area (Å²) in [5, 5.41) is 4.38. The van der Waals surface area contributed by atoms with Crippen molar-refractivity contribution in [2.45, 2.75) is 13.3 Å². The summed E-state index contributed by atoms with van der Waals surface area (Å²) in [6.45, 7) is 1.98. The number of aldehydes is 1. The average Bonchev–Trinajstić information content (AvgIpc) is 2.82. The molecule has 0 saturated carbocycles. The van der Waals surface area contributed by atoms with Crippen LogP contribution in [0.2, 0.25) is 0 Å². The number of carbonyl (C=O) groups is 1. The molecular formula is C13H14N2O2. The van der Waals surface area contributed by atoms with Gasteiger partial charge in [-0.1, -0.05) is 13.0 Å². The fraction of sp³-hybridized carbons (Fsp3) is 0.231. The van der Waals surface area contributed by atoms with E-state index in [0.29, 0.717) is 5.56 Å². The molecule has 17 heavy (non-hydrogen) atoms. The summed E-state index contributed by atoms with van der Waals surface area (Å²) in [7, 11) is 1.62. The van der Waals surface area contributed by atoms with Crippen molar-refractivity contribution in [3.63, 3.8) is 0 Å². The highest BCUT2D eigenvalue weighted by Crippen LogP contribution is 2.17. The summed E-state index contributed by atoms with van der Waals surface area (Å²) >= 11 is 0. The molecule has 0 aliphatic rings. The standard InChI is InChI=1S/C13H14N2O2/c1-3-13-10(9-16)8-15(14-13)11-5-4-6-12(7-11)17-2/h4-9H,3H2,1-2H3. The van der Waals surface area contributed by atoms with E-state index in [4.69, 9.17) is 4.74 Å². The number of ether oxygens (including phenoxy) is 1. The molecule has 2 aromatic rings. The van der Waals surface area contributed by atoms with Crippen LogP contribution in [0, 0.1) is 0 Å². The second-order valence-corrected chi connectivity index (χ2v) is 3.65. The van der Waals surface area contributed by atoms with Crippen molar-refractivity contribution in [3.8, 4) is 11.4 Å². The molecule has 0 amide bonds. The van der Waals surface area contributed by atoms with E-state index < -0.39 is 0 Å². The zero-order valence-electron chi connectivity index (χ0n) is 9.88. The highest BCUT2D eigenvalue weighted by atomic mass is 16.5. The largest absolute Gasteiger partial charge is 0.497 e. The van der Waals surface area contributed by atoms with Gasteiger partial charge < -0.3 is 4.74 Å². The molecule has 1 aromatic heterocycles. The van der Waals surface area contributed by atoms with E-state index in [9.17, 15) is 4.79 Å². The van der Waals surface area contributed by atoms with E-state index >= 15 is 0 Å². The maximum absolute atomic E-state index is 10.9. The first kappa shape index (κ1) is 11.4. The van der Waals surface area contributed by atoms with Crippen molar-refractivity contribution in [1.29, 1.82) is 0 Å². The summed E-state index contributed by atoms with van der Waals surface area (Å²) in [5.41, 5.74) is 2.32. The number of rotatable bonds is 4. The van der Waals surface area contributed by atoms with Gasteiger partial charge in [-0.15, -0.1) is 0 Å². The maximum atomic E-state index is 10.9. The van der Waals surface area contributed by atoms with Crippen LogP contribution in [0.4, 0.5) is 0 Å². The first-order valence-corrected chi connectivity index (χ1v) is 5.46. The molecule has 0 unspecified atom stereocenters. The minimum Gasteiger partial charge on any atom is -0.497 e. The van der Waals surface area contributed by atoms with Gasteiger partial charge >= 0.3 is 0 Å². The van der Waals surface area contributed by atoms with Gasteiger partial charge in [0.15, 0.2) is 6.29 Å². The zero-order valence-corrected chi connectivity index (χ0v) is 9.88. The fourth-order valence-corrected chi connectivity index (χ4v) is 1.68. The Bertz CT molecular complexity index is 532. The molecule has 0 spiro atoms. The monoisotopic (exact) mass is 230 g/mol. The summed E-state index contributed by atoms with van der Waals surface area (Å²) in [6, 6.07) is 7.56. The Labute approximate surface area is 99.8 Å². The molecule has 0 atom stereocenters. The highest BCUT2D eigenvalue weighted by molar-refractivity contribution is 5.76. The number of benzene rings is 1. The molecule has 0 N–H and O–H groups in total. The molecule has 4 heteroatoms. The lowest BCUT2D eigenvalue weighted by Crippen LogP contribution is -1.96. The van der Waals surface area contributed by atoms with Crippen molar-refractivity contribution in [1.82, 2.24) is 9.78 Å². The van der Waals surface area contributed by atoms with Crippen LogP contribution < -0.4 is 4.74 Å². The van der Waals surface area contributed by atoms with Gasteiger partial charge in [0.05, 0.1) is 24.1 Å². The molecule has 0 bridgehead atoms. The summed E-state index contributed by atoms with van der Waals surface area (Å²) < 4.78 is 6.85. The Kier molecular flexibility index (Phi) is 3.23. The van der Waals surface area contributed by atoms with E-state index in [-0.39, 0.29) is 0 Å². The molecule has 4 nitrogen and oxygen atoms in total. The molecule has 0 saturated heterocycles. The second-order valence-electron chi connectivity index (χ2n) is 3.65. The lowest BCUT2D eigenvalue weighted by Gasteiger charge is -2.03. The Balaban J connectivity index is 2.45. The second kappa shape index (κ2) is 4.82. The van der Waals surface area contributed by atoms with Crippen LogP contribution in [0.5, 0.6) is 5.75 Å². The van der Waals surface area contributed by atoms with E-state index in [2.05, 4.69) is 5.10 Å². The normalized spacial score (nSPS) is 10.2. The summed E-state index contributed by atoms with van der Waals surface area (Å²) in [5.74, 6) is 0.767. The molecule has 0 aliphatic heterocycles. The van der Waals surface area contributed by atoms with E-state index in [1.165, 1.54) is 0 Å². The van der Waals surface area contributed by atoms with Crippen molar-refractivity contribution in [3.05, 3.63) is 41.7 Å². The topological polar surface area (TPSA) is 44.1 Å². The zero-order chi connectivity index (χ0) is 12.3. The molecule has 0 aliphatic carbocycles. The van der Waals surface area contributed by atoms with E-state index in [1.807, 2.05) is 31.2 Å². The van der Waals surface area contributed by atoms with Crippen LogP contribution in [0.1, 0.15) is 23.0 Å². The van der Waals surface area contributed by atoms with Crippen LogP contribution >= 0.6 is 0 Å². The Morgan fingerprint density at radius 1 is 1.47 bits per heavy atom. The van der Waals surface area contributed by atoms with Gasteiger partial charge in [-0.05, 0) is 18.6 Å². The molecule has 1 aromatic carbocycles. The molecule has 2 rings (SSSR count). The molecule has 1 heterocycles. The van der Waals surface area contributed by atoms with Gasteiger partial charge in [0.25, 0.3) is 0 Å². The minimum atomic E-state index is 0.635. The highest BCUT2D eigenvalue weighted by Gasteiger charge is 2.07. The van der Waals surface area contributed by atoms with Crippen LogP contribution in [-0.2, 0) is 6.42 Å². The number of carbonyl (C=O) groups excluding carboxylic acids is 1. The average molecular weight is 230 g/mol. The number of hydrogen-bond donors (Lipinski definition) is 0. The number of aromatic nitrogens is 2. The van der Waals surface area contributed by atoms with Gasteiger partial charge in [-0.2, -0.15) is 5.10 Å². The number of nitrogens with zero attached hydrogens (tertiary/aromatic N) is 2. The lowest BCUT2D eigenvalue weighted by molar-refractivity contribution is 0.112. The predicted molar refractivity (Wildman–Crippen MR) is 64.9 cm³/mol. The third-order valence-electron chi connectivity index (χ3n) is 2.60. The quantitative estimate of drug-likeness (QED) is 0.757. The molecule has 88 valence electrons. The SMILES string of the molecule is CCc1nn(-c2cccc(OC)c2)cc1C=O. The smallest absolute Gasteiger partial charge is 0.153 e. The number of methoxy groups -OCH3 is 1. The predicted octanol–water partition coefficient (Wildman–Crippen LogP) is 2.26. The maximum Gasteiger partial charge on any atom is 0.153 e. The van der Waals surface area contributed by atoms with Crippen LogP contribution in [-0.4, -0.2) is 23.2 Å². The Morgan fingerprint density at radius 2 is 2.29 bits per heavy atom. The van der Waals surface area contributed by atoms with Gasteiger partial charge in [0.2, 0.25) is 0 Å². The van der Waals surface area contributed by atoms with Crippen LogP contribution in [0.15, 0.2) is 30.5 Å². The van der Waals surface area contributed by atoms with Crippen LogP contribution in [0.25, 0.3) is 5.69 Å². The van der Waals surface area contributed by atoms with Crippen molar-refractivity contribution in [2.24, 2.45) is 0 Å². The van der Waals surface area contributed by atoms with Gasteiger partial charge in [0.1, 0.15) is 5.75 Å². The number of hydrogen-bond acceptors (Lipinski definition) is 3. The first-order valence-electron chi connectivity index (χ1n) is 5.46. The van der Waals surface area contributed by atoms with Gasteiger partial charge in [0, 0.05) is 12.3 Å². The fourth-order valence-electron chi connectivity index (χ4n) is 1.68. The molecular weight excluding hydrogens is 216 g/mol. The van der Waals surface area contributed by atoms with Crippen molar-refractivity contribution < 1.29 is 9.53 Å². The van der Waals surface area contributed by atoms with Gasteiger partial charge in [-0.3, -0.25) is 4.79 Å². The van der Waals surface area contributed by atoms with E-state index in [1.54, 1.807) is 18.0 Å². The van der Waals surface area contributed by atoms with Gasteiger partial charge in [-0.25, -0.2) is 4.68 Å². The Hall–Kier alpha value is -2.10. The third kappa shape index (κ3) is 2.20. The first-order chi connectivity index (χ1) is 8.28. The lowest BCUT2D eigenvalue weighted by atomic mass is 10.2. The number of aryl methyl sites for hydroxylation is 1. The molecule has 0 radical (unpaired) electrons. The molecule has 0 fully saturated rings. The Morgan fingerprint density at radius 3 is 2.88 bits per heavy atom. The summed E-state index contributed by atoms with van der Waals surface area (Å²) in [6.07, 6.45) is 3.31. The minimum absolute atomic E-state index is 0.635. The summed E-state index contributed by atoms with van der Waals surface area (Å²) in [4.78, 5) is 10.9. The van der Waals surface area contributed by atoms with Crippen molar-refractivity contribution in [2.75, 3.05) is 7.11 Å². The third-order valence-corrected chi connectivity index (χ3v) is 2.60. The van der Waals surface area contributed by atoms with Crippen molar-refractivity contribution >= 4 is 6.29 Å². The van der Waals surface area contributed by atoms with Crippen LogP contribution in [0.3, 0.4) is 0 Å². The van der Waals surface area contributed by atoms with E-state index in [0.717, 1.165) is 29.8 Å².